The minimum absolute atomic E-state index is 0.226. The van der Waals surface area contributed by atoms with Crippen molar-refractivity contribution in [1.82, 2.24) is 15.5 Å². The molecular formula is C11H16N4O2. The fraction of sp³-hybridized carbons (Fsp3) is 0.545. The Balaban J connectivity index is 1.75. The zero-order valence-corrected chi connectivity index (χ0v) is 9.56. The number of ether oxygens (including phenoxy) is 1. The fourth-order valence-electron chi connectivity index (χ4n) is 1.77. The number of anilines is 1. The number of nitrogens with one attached hydrogen (secondary N) is 1. The van der Waals surface area contributed by atoms with Gasteiger partial charge in [-0.2, -0.15) is 0 Å². The molecule has 1 saturated heterocycles. The average Bonchev–Trinajstić information content (AvgIpc) is 2.83. The van der Waals surface area contributed by atoms with E-state index in [-0.39, 0.29) is 17.7 Å². The molecule has 3 N–H and O–H groups in total. The highest BCUT2D eigenvalue weighted by Crippen LogP contribution is 2.14. The molecule has 1 aromatic rings. The summed E-state index contributed by atoms with van der Waals surface area (Å²) in [6.07, 6.45) is 3.32. The molecule has 1 atom stereocenters. The number of amides is 1. The van der Waals surface area contributed by atoms with Gasteiger partial charge in [-0.15, -0.1) is 10.2 Å². The predicted octanol–water partition coefficient (Wildman–Crippen LogP) is 0.358. The number of nitrogens with two attached hydrogens (primary N) is 1. The number of hydrogen-bond donors (Lipinski definition) is 2. The SMILES string of the molecule is Nc1ccc(C(=O)NCCC2CCCO2)nn1. The van der Waals surface area contributed by atoms with Crippen LogP contribution in [-0.4, -0.2) is 35.4 Å². The number of aromatic nitrogens is 2. The van der Waals surface area contributed by atoms with Crippen LogP contribution in [-0.2, 0) is 4.74 Å². The molecule has 6 nitrogen and oxygen atoms in total. The van der Waals surface area contributed by atoms with Gasteiger partial charge in [0.25, 0.3) is 5.91 Å². The third-order valence-electron chi connectivity index (χ3n) is 2.69. The van der Waals surface area contributed by atoms with Crippen LogP contribution in [0.5, 0.6) is 0 Å². The second kappa shape index (κ2) is 5.58. The van der Waals surface area contributed by atoms with Gasteiger partial charge in [-0.05, 0) is 31.4 Å². The summed E-state index contributed by atoms with van der Waals surface area (Å²) < 4.78 is 5.46. The summed E-state index contributed by atoms with van der Waals surface area (Å²) in [5.74, 6) is 0.0800. The molecule has 0 saturated carbocycles. The summed E-state index contributed by atoms with van der Waals surface area (Å²) in [6, 6.07) is 3.12. The summed E-state index contributed by atoms with van der Waals surface area (Å²) in [5, 5.41) is 10.1. The minimum Gasteiger partial charge on any atom is -0.382 e. The van der Waals surface area contributed by atoms with Crippen molar-refractivity contribution < 1.29 is 9.53 Å². The highest BCUT2D eigenvalue weighted by Gasteiger charge is 2.15. The molecule has 1 fully saturated rings. The molecule has 1 unspecified atom stereocenters. The van der Waals surface area contributed by atoms with E-state index in [4.69, 9.17) is 10.5 Å². The number of rotatable bonds is 4. The molecular weight excluding hydrogens is 220 g/mol. The van der Waals surface area contributed by atoms with E-state index < -0.39 is 0 Å². The summed E-state index contributed by atoms with van der Waals surface area (Å²) in [4.78, 5) is 11.6. The molecule has 0 aromatic carbocycles. The number of nitrogen functional groups attached to an aromatic ring is 1. The van der Waals surface area contributed by atoms with E-state index in [1.807, 2.05) is 0 Å². The van der Waals surface area contributed by atoms with Gasteiger partial charge < -0.3 is 15.8 Å². The Morgan fingerprint density at radius 2 is 2.41 bits per heavy atom. The van der Waals surface area contributed by atoms with Gasteiger partial charge >= 0.3 is 0 Å². The Morgan fingerprint density at radius 3 is 3.06 bits per heavy atom. The molecule has 1 aromatic heterocycles. The van der Waals surface area contributed by atoms with Crippen molar-refractivity contribution in [3.05, 3.63) is 17.8 Å². The Hall–Kier alpha value is -1.69. The van der Waals surface area contributed by atoms with Crippen molar-refractivity contribution in [3.63, 3.8) is 0 Å². The zero-order valence-electron chi connectivity index (χ0n) is 9.56. The van der Waals surface area contributed by atoms with Gasteiger partial charge in [0.1, 0.15) is 5.82 Å². The van der Waals surface area contributed by atoms with E-state index in [0.717, 1.165) is 25.9 Å². The largest absolute Gasteiger partial charge is 0.382 e. The van der Waals surface area contributed by atoms with E-state index in [2.05, 4.69) is 15.5 Å². The van der Waals surface area contributed by atoms with Gasteiger partial charge in [-0.1, -0.05) is 0 Å². The molecule has 0 aliphatic carbocycles. The molecule has 1 aliphatic rings. The summed E-state index contributed by atoms with van der Waals surface area (Å²) in [6.45, 7) is 1.43. The Labute approximate surface area is 99.6 Å². The quantitative estimate of drug-likeness (QED) is 0.787. The van der Waals surface area contributed by atoms with Crippen LogP contribution in [0.15, 0.2) is 12.1 Å². The highest BCUT2D eigenvalue weighted by atomic mass is 16.5. The molecule has 2 rings (SSSR count). The van der Waals surface area contributed by atoms with Crippen molar-refractivity contribution in [1.29, 1.82) is 0 Å². The lowest BCUT2D eigenvalue weighted by Gasteiger charge is -2.09. The van der Waals surface area contributed by atoms with Crippen LogP contribution in [0.3, 0.4) is 0 Å². The molecule has 1 amide bonds. The van der Waals surface area contributed by atoms with Crippen LogP contribution in [0.2, 0.25) is 0 Å². The first-order chi connectivity index (χ1) is 8.25. The second-order valence-corrected chi connectivity index (χ2v) is 4.02. The Morgan fingerprint density at radius 1 is 1.53 bits per heavy atom. The van der Waals surface area contributed by atoms with Gasteiger partial charge in [0.05, 0.1) is 6.10 Å². The van der Waals surface area contributed by atoms with Crippen LogP contribution in [0, 0.1) is 0 Å². The van der Waals surface area contributed by atoms with E-state index in [0.29, 0.717) is 12.4 Å². The van der Waals surface area contributed by atoms with Crippen LogP contribution >= 0.6 is 0 Å². The van der Waals surface area contributed by atoms with Crippen LogP contribution in [0.4, 0.5) is 5.82 Å². The summed E-state index contributed by atoms with van der Waals surface area (Å²) in [7, 11) is 0. The molecule has 17 heavy (non-hydrogen) atoms. The van der Waals surface area contributed by atoms with Crippen molar-refractivity contribution in [2.45, 2.75) is 25.4 Å². The van der Waals surface area contributed by atoms with E-state index in [1.165, 1.54) is 0 Å². The molecule has 0 spiro atoms. The van der Waals surface area contributed by atoms with E-state index in [9.17, 15) is 4.79 Å². The van der Waals surface area contributed by atoms with Gasteiger partial charge in [-0.3, -0.25) is 4.79 Å². The average molecular weight is 236 g/mol. The number of hydrogen-bond acceptors (Lipinski definition) is 5. The third kappa shape index (κ3) is 3.39. The molecule has 92 valence electrons. The van der Waals surface area contributed by atoms with E-state index in [1.54, 1.807) is 12.1 Å². The zero-order chi connectivity index (χ0) is 12.1. The topological polar surface area (TPSA) is 90.1 Å². The maximum atomic E-state index is 11.6. The fourth-order valence-corrected chi connectivity index (χ4v) is 1.77. The van der Waals surface area contributed by atoms with Crippen LogP contribution < -0.4 is 11.1 Å². The van der Waals surface area contributed by atoms with Crippen LogP contribution in [0.1, 0.15) is 29.8 Å². The van der Waals surface area contributed by atoms with Crippen molar-refractivity contribution >= 4 is 11.7 Å². The van der Waals surface area contributed by atoms with Crippen LogP contribution in [0.25, 0.3) is 0 Å². The van der Waals surface area contributed by atoms with Gasteiger partial charge in [0.15, 0.2) is 5.69 Å². The van der Waals surface area contributed by atoms with Gasteiger partial charge in [-0.25, -0.2) is 0 Å². The van der Waals surface area contributed by atoms with Crippen molar-refractivity contribution in [3.8, 4) is 0 Å². The first-order valence-electron chi connectivity index (χ1n) is 5.75. The van der Waals surface area contributed by atoms with Crippen molar-refractivity contribution in [2.75, 3.05) is 18.9 Å². The Bertz CT molecular complexity index is 374. The second-order valence-electron chi connectivity index (χ2n) is 4.02. The summed E-state index contributed by atoms with van der Waals surface area (Å²) >= 11 is 0. The van der Waals surface area contributed by atoms with Gasteiger partial charge in [0, 0.05) is 13.2 Å². The lowest BCUT2D eigenvalue weighted by Crippen LogP contribution is -2.28. The molecule has 1 aliphatic heterocycles. The Kier molecular flexibility index (Phi) is 3.87. The summed E-state index contributed by atoms with van der Waals surface area (Å²) in [5.41, 5.74) is 5.67. The standard InChI is InChI=1S/C11H16N4O2/c12-10-4-3-9(14-15-10)11(16)13-6-5-8-2-1-7-17-8/h3-4,8H,1-2,5-7H2,(H2,12,15)(H,13,16). The smallest absolute Gasteiger partial charge is 0.271 e. The molecule has 0 bridgehead atoms. The number of nitrogens with zero attached hydrogens (tertiary/aromatic N) is 2. The predicted molar refractivity (Wildman–Crippen MR) is 62.4 cm³/mol. The van der Waals surface area contributed by atoms with Gasteiger partial charge in [0.2, 0.25) is 0 Å². The third-order valence-corrected chi connectivity index (χ3v) is 2.69. The lowest BCUT2D eigenvalue weighted by molar-refractivity contribution is 0.0902. The normalized spacial score (nSPS) is 19.2. The first-order valence-corrected chi connectivity index (χ1v) is 5.75. The monoisotopic (exact) mass is 236 g/mol. The minimum atomic E-state index is -0.226. The first kappa shape index (κ1) is 11.8. The lowest BCUT2D eigenvalue weighted by atomic mass is 10.2. The maximum absolute atomic E-state index is 11.6. The molecule has 6 heteroatoms. The maximum Gasteiger partial charge on any atom is 0.271 e. The van der Waals surface area contributed by atoms with Crippen molar-refractivity contribution in [2.24, 2.45) is 0 Å². The number of carbonyl (C=O) groups is 1. The number of carbonyl (C=O) groups excluding carboxylic acids is 1. The van der Waals surface area contributed by atoms with E-state index >= 15 is 0 Å². The molecule has 0 radical (unpaired) electrons. The molecule has 2 heterocycles. The highest BCUT2D eigenvalue weighted by molar-refractivity contribution is 5.92.